The maximum absolute atomic E-state index is 13.2. The molecular formula is C25H37N3O5. The summed E-state index contributed by atoms with van der Waals surface area (Å²) < 4.78 is 16.6. The Balaban J connectivity index is 1.32. The van der Waals surface area contributed by atoms with E-state index in [2.05, 4.69) is 18.7 Å². The van der Waals surface area contributed by atoms with Gasteiger partial charge >= 0.3 is 0 Å². The van der Waals surface area contributed by atoms with Crippen LogP contribution in [-0.4, -0.2) is 87.3 Å². The van der Waals surface area contributed by atoms with Gasteiger partial charge in [-0.05, 0) is 44.7 Å². The SMILES string of the molecule is COc1ccc(OC)c(N2CC(C(=O)N3CCC(CN4CC(C)OC(C)C4)CC3)CC2=O)c1. The summed E-state index contributed by atoms with van der Waals surface area (Å²) >= 11 is 0. The molecule has 0 aliphatic carbocycles. The largest absolute Gasteiger partial charge is 0.497 e. The number of likely N-dealkylation sites (tertiary alicyclic amines) is 1. The first-order valence-electron chi connectivity index (χ1n) is 12.1. The molecule has 33 heavy (non-hydrogen) atoms. The Kier molecular flexibility index (Phi) is 7.44. The highest BCUT2D eigenvalue weighted by molar-refractivity contribution is 6.01. The number of carbonyl (C=O) groups excluding carboxylic acids is 2. The molecule has 3 atom stereocenters. The highest BCUT2D eigenvalue weighted by atomic mass is 16.5. The molecule has 4 rings (SSSR count). The Bertz CT molecular complexity index is 844. The molecule has 0 N–H and O–H groups in total. The van der Waals surface area contributed by atoms with Gasteiger partial charge < -0.3 is 24.0 Å². The zero-order valence-corrected chi connectivity index (χ0v) is 20.3. The molecule has 182 valence electrons. The minimum absolute atomic E-state index is 0.0506. The van der Waals surface area contributed by atoms with Crippen LogP contribution in [-0.2, 0) is 14.3 Å². The normalized spacial score (nSPS) is 27.2. The quantitative estimate of drug-likeness (QED) is 0.651. The molecule has 0 aromatic heterocycles. The monoisotopic (exact) mass is 459 g/mol. The molecule has 1 aromatic carbocycles. The summed E-state index contributed by atoms with van der Waals surface area (Å²) in [5.74, 6) is 1.59. The van der Waals surface area contributed by atoms with Gasteiger partial charge in [0.2, 0.25) is 11.8 Å². The zero-order valence-electron chi connectivity index (χ0n) is 20.3. The molecule has 3 aliphatic heterocycles. The number of anilines is 1. The summed E-state index contributed by atoms with van der Waals surface area (Å²) in [6, 6.07) is 5.38. The lowest BCUT2D eigenvalue weighted by Crippen LogP contribution is -2.49. The number of hydrogen-bond donors (Lipinski definition) is 0. The van der Waals surface area contributed by atoms with Crippen molar-refractivity contribution in [3.63, 3.8) is 0 Å². The van der Waals surface area contributed by atoms with Gasteiger partial charge in [0, 0.05) is 51.8 Å². The van der Waals surface area contributed by atoms with E-state index in [-0.39, 0.29) is 36.4 Å². The van der Waals surface area contributed by atoms with Crippen molar-refractivity contribution in [2.24, 2.45) is 11.8 Å². The molecule has 8 nitrogen and oxygen atoms in total. The second kappa shape index (κ2) is 10.3. The summed E-state index contributed by atoms with van der Waals surface area (Å²) in [6.07, 6.45) is 2.82. The molecule has 2 amide bonds. The number of rotatable bonds is 6. The van der Waals surface area contributed by atoms with Crippen molar-refractivity contribution in [2.45, 2.75) is 45.3 Å². The maximum atomic E-state index is 13.2. The van der Waals surface area contributed by atoms with E-state index in [1.165, 1.54) is 0 Å². The standard InChI is InChI=1S/C25H37N3O5/c1-17-13-26(14-18(2)33-17)15-19-7-9-27(10-8-19)25(30)20-11-24(29)28(16-20)22-12-21(31-3)5-6-23(22)32-4/h5-6,12,17-20H,7-11,13-16H2,1-4H3. The average molecular weight is 460 g/mol. The van der Waals surface area contributed by atoms with E-state index < -0.39 is 0 Å². The third-order valence-electron chi connectivity index (χ3n) is 7.09. The highest BCUT2D eigenvalue weighted by Crippen LogP contribution is 2.36. The number of carbonyl (C=O) groups is 2. The second-order valence-electron chi connectivity index (χ2n) is 9.69. The summed E-state index contributed by atoms with van der Waals surface area (Å²) in [5.41, 5.74) is 0.657. The lowest BCUT2D eigenvalue weighted by Gasteiger charge is -2.39. The van der Waals surface area contributed by atoms with E-state index in [9.17, 15) is 9.59 Å². The highest BCUT2D eigenvalue weighted by Gasteiger charge is 2.39. The molecule has 3 saturated heterocycles. The third kappa shape index (κ3) is 5.44. The Labute approximate surface area is 196 Å². The van der Waals surface area contributed by atoms with Crippen LogP contribution >= 0.6 is 0 Å². The first-order valence-corrected chi connectivity index (χ1v) is 12.1. The second-order valence-corrected chi connectivity index (χ2v) is 9.69. The van der Waals surface area contributed by atoms with Crippen molar-refractivity contribution in [3.8, 4) is 11.5 Å². The van der Waals surface area contributed by atoms with E-state index in [1.807, 2.05) is 4.90 Å². The van der Waals surface area contributed by atoms with Gasteiger partial charge in [0.15, 0.2) is 0 Å². The molecule has 3 heterocycles. The van der Waals surface area contributed by atoms with Crippen LogP contribution in [0.5, 0.6) is 11.5 Å². The van der Waals surface area contributed by atoms with Crippen molar-refractivity contribution in [1.29, 1.82) is 0 Å². The van der Waals surface area contributed by atoms with E-state index in [0.29, 0.717) is 29.6 Å². The Morgan fingerprint density at radius 2 is 1.76 bits per heavy atom. The fourth-order valence-corrected chi connectivity index (χ4v) is 5.51. The molecule has 3 fully saturated rings. The lowest BCUT2D eigenvalue weighted by molar-refractivity contribution is -0.137. The van der Waals surface area contributed by atoms with Crippen LogP contribution < -0.4 is 14.4 Å². The Morgan fingerprint density at radius 3 is 2.39 bits per heavy atom. The van der Waals surface area contributed by atoms with Crippen LogP contribution in [0.2, 0.25) is 0 Å². The van der Waals surface area contributed by atoms with Crippen LogP contribution in [0, 0.1) is 11.8 Å². The fourth-order valence-electron chi connectivity index (χ4n) is 5.51. The van der Waals surface area contributed by atoms with Gasteiger partial charge in [0.05, 0.1) is 38.0 Å². The van der Waals surface area contributed by atoms with Gasteiger partial charge in [-0.15, -0.1) is 0 Å². The van der Waals surface area contributed by atoms with Crippen molar-refractivity contribution < 1.29 is 23.8 Å². The molecule has 0 radical (unpaired) electrons. The fraction of sp³-hybridized carbons (Fsp3) is 0.680. The molecule has 8 heteroatoms. The number of benzene rings is 1. The number of morpholine rings is 1. The molecule has 3 aliphatic rings. The van der Waals surface area contributed by atoms with Gasteiger partial charge in [-0.3, -0.25) is 14.5 Å². The number of hydrogen-bond acceptors (Lipinski definition) is 6. The van der Waals surface area contributed by atoms with Gasteiger partial charge in [-0.2, -0.15) is 0 Å². The lowest BCUT2D eigenvalue weighted by atomic mass is 9.94. The van der Waals surface area contributed by atoms with Crippen LogP contribution in [0.15, 0.2) is 18.2 Å². The minimum atomic E-state index is -0.314. The number of piperidine rings is 1. The topological polar surface area (TPSA) is 71.6 Å². The van der Waals surface area contributed by atoms with Crippen molar-refractivity contribution in [1.82, 2.24) is 9.80 Å². The number of nitrogens with zero attached hydrogens (tertiary/aromatic N) is 3. The predicted molar refractivity (Wildman–Crippen MR) is 126 cm³/mol. The number of methoxy groups -OCH3 is 2. The van der Waals surface area contributed by atoms with E-state index >= 15 is 0 Å². The van der Waals surface area contributed by atoms with E-state index in [4.69, 9.17) is 14.2 Å². The van der Waals surface area contributed by atoms with E-state index in [1.54, 1.807) is 37.3 Å². The molecule has 1 aromatic rings. The summed E-state index contributed by atoms with van der Waals surface area (Å²) in [5, 5.41) is 0. The van der Waals surface area contributed by atoms with Crippen LogP contribution in [0.25, 0.3) is 0 Å². The average Bonchev–Trinajstić information content (AvgIpc) is 3.19. The van der Waals surface area contributed by atoms with Gasteiger partial charge in [-0.25, -0.2) is 0 Å². The van der Waals surface area contributed by atoms with Crippen molar-refractivity contribution in [3.05, 3.63) is 18.2 Å². The van der Waals surface area contributed by atoms with Crippen LogP contribution in [0.4, 0.5) is 5.69 Å². The van der Waals surface area contributed by atoms with Gasteiger partial charge in [-0.1, -0.05) is 0 Å². The third-order valence-corrected chi connectivity index (χ3v) is 7.09. The molecule has 0 saturated carbocycles. The van der Waals surface area contributed by atoms with Crippen molar-refractivity contribution in [2.75, 3.05) is 58.4 Å². The van der Waals surface area contributed by atoms with Gasteiger partial charge in [0.25, 0.3) is 0 Å². The minimum Gasteiger partial charge on any atom is -0.497 e. The van der Waals surface area contributed by atoms with Crippen molar-refractivity contribution >= 4 is 17.5 Å². The summed E-state index contributed by atoms with van der Waals surface area (Å²) in [7, 11) is 3.17. The predicted octanol–water partition coefficient (Wildman–Crippen LogP) is 2.40. The maximum Gasteiger partial charge on any atom is 0.228 e. The molecular weight excluding hydrogens is 422 g/mol. The Morgan fingerprint density at radius 1 is 1.06 bits per heavy atom. The molecule has 3 unspecified atom stereocenters. The van der Waals surface area contributed by atoms with E-state index in [0.717, 1.165) is 45.6 Å². The summed E-state index contributed by atoms with van der Waals surface area (Å²) in [6.45, 7) is 9.23. The molecule has 0 spiro atoms. The molecule has 0 bridgehead atoms. The van der Waals surface area contributed by atoms with Gasteiger partial charge in [0.1, 0.15) is 11.5 Å². The number of ether oxygens (including phenoxy) is 3. The smallest absolute Gasteiger partial charge is 0.228 e. The number of amides is 2. The van der Waals surface area contributed by atoms with Crippen LogP contribution in [0.1, 0.15) is 33.1 Å². The van der Waals surface area contributed by atoms with Crippen LogP contribution in [0.3, 0.4) is 0 Å². The first kappa shape index (κ1) is 23.8. The Hall–Kier alpha value is -2.32. The summed E-state index contributed by atoms with van der Waals surface area (Å²) in [4.78, 5) is 32.2. The zero-order chi connectivity index (χ0) is 23.5. The first-order chi connectivity index (χ1) is 15.9.